The molecule has 1 aliphatic rings. The molecule has 10 heavy (non-hydrogen) atoms. The van der Waals surface area contributed by atoms with Crippen LogP contribution in [0.25, 0.3) is 0 Å². The third-order valence-electron chi connectivity index (χ3n) is 1.35. The summed E-state index contributed by atoms with van der Waals surface area (Å²) in [7, 11) is 0. The van der Waals surface area contributed by atoms with E-state index in [0.717, 1.165) is 0 Å². The minimum Gasteiger partial charge on any atom is -0.508 e. The van der Waals surface area contributed by atoms with Gasteiger partial charge >= 0.3 is 0 Å². The lowest BCUT2D eigenvalue weighted by Gasteiger charge is -2.12. The standard InChI is InChI=1S/C7H8O3/c1-5-7(9)6(4-8)2-3-10-5/h2-4,6,9H,1H3. The Morgan fingerprint density at radius 1 is 1.80 bits per heavy atom. The molecular weight excluding hydrogens is 132 g/mol. The van der Waals surface area contributed by atoms with Crippen molar-refractivity contribution in [3.8, 4) is 0 Å². The van der Waals surface area contributed by atoms with Gasteiger partial charge in [0.15, 0.2) is 0 Å². The minimum absolute atomic E-state index is 0.00231. The van der Waals surface area contributed by atoms with Crippen molar-refractivity contribution in [2.24, 2.45) is 5.92 Å². The van der Waals surface area contributed by atoms with Crippen LogP contribution in [-0.2, 0) is 9.53 Å². The van der Waals surface area contributed by atoms with Crippen LogP contribution in [0, 0.1) is 5.92 Å². The number of rotatable bonds is 1. The molecule has 1 rings (SSSR count). The van der Waals surface area contributed by atoms with Crippen LogP contribution >= 0.6 is 0 Å². The monoisotopic (exact) mass is 140 g/mol. The molecule has 1 atom stereocenters. The van der Waals surface area contributed by atoms with Crippen molar-refractivity contribution in [1.82, 2.24) is 0 Å². The van der Waals surface area contributed by atoms with Crippen LogP contribution in [0.15, 0.2) is 23.9 Å². The largest absolute Gasteiger partial charge is 0.508 e. The molecule has 0 amide bonds. The van der Waals surface area contributed by atoms with Crippen LogP contribution in [0.5, 0.6) is 0 Å². The van der Waals surface area contributed by atoms with E-state index in [0.29, 0.717) is 12.0 Å². The van der Waals surface area contributed by atoms with Gasteiger partial charge in [-0.2, -0.15) is 0 Å². The van der Waals surface area contributed by atoms with E-state index in [-0.39, 0.29) is 5.76 Å². The smallest absolute Gasteiger partial charge is 0.144 e. The second-order valence-electron chi connectivity index (χ2n) is 2.05. The highest BCUT2D eigenvalue weighted by molar-refractivity contribution is 5.61. The molecule has 3 nitrogen and oxygen atoms in total. The molecule has 0 aromatic rings. The van der Waals surface area contributed by atoms with Gasteiger partial charge in [0.2, 0.25) is 0 Å². The minimum atomic E-state index is -0.520. The molecule has 1 aliphatic heterocycles. The topological polar surface area (TPSA) is 46.5 Å². The first kappa shape index (κ1) is 6.86. The lowest BCUT2D eigenvalue weighted by Crippen LogP contribution is -2.08. The first-order valence-electron chi connectivity index (χ1n) is 2.94. The van der Waals surface area contributed by atoms with E-state index in [4.69, 9.17) is 9.84 Å². The fourth-order valence-electron chi connectivity index (χ4n) is 0.722. The summed E-state index contributed by atoms with van der Waals surface area (Å²) in [5.41, 5.74) is 0. The molecule has 1 N–H and O–H groups in total. The Morgan fingerprint density at radius 3 is 3.00 bits per heavy atom. The normalized spacial score (nSPS) is 24.3. The molecule has 0 bridgehead atoms. The molecule has 0 saturated heterocycles. The third kappa shape index (κ3) is 1.03. The molecule has 3 heteroatoms. The predicted molar refractivity (Wildman–Crippen MR) is 35.1 cm³/mol. The molecular formula is C7H8O3. The Bertz CT molecular complexity index is 203. The van der Waals surface area contributed by atoms with E-state index in [9.17, 15) is 4.79 Å². The van der Waals surface area contributed by atoms with Gasteiger partial charge in [0.25, 0.3) is 0 Å². The number of hydrogen-bond donors (Lipinski definition) is 1. The van der Waals surface area contributed by atoms with Gasteiger partial charge in [-0.1, -0.05) is 0 Å². The Morgan fingerprint density at radius 2 is 2.50 bits per heavy atom. The van der Waals surface area contributed by atoms with Gasteiger partial charge in [-0.25, -0.2) is 0 Å². The van der Waals surface area contributed by atoms with Crippen LogP contribution in [0.2, 0.25) is 0 Å². The van der Waals surface area contributed by atoms with E-state index in [1.807, 2.05) is 0 Å². The summed E-state index contributed by atoms with van der Waals surface area (Å²) in [5.74, 6) is -0.133. The first-order valence-corrected chi connectivity index (χ1v) is 2.94. The summed E-state index contributed by atoms with van der Waals surface area (Å²) in [6.45, 7) is 1.61. The second kappa shape index (κ2) is 2.56. The summed E-state index contributed by atoms with van der Waals surface area (Å²) < 4.78 is 4.81. The number of carbonyl (C=O) groups is 1. The van der Waals surface area contributed by atoms with Gasteiger partial charge < -0.3 is 14.6 Å². The summed E-state index contributed by atoms with van der Waals surface area (Å²) >= 11 is 0. The number of allylic oxidation sites excluding steroid dienone is 2. The Labute approximate surface area is 58.6 Å². The molecule has 0 aromatic carbocycles. The highest BCUT2D eigenvalue weighted by Crippen LogP contribution is 2.17. The summed E-state index contributed by atoms with van der Waals surface area (Å²) in [6, 6.07) is 0. The molecule has 0 radical (unpaired) electrons. The number of aliphatic hydroxyl groups excluding tert-OH is 1. The highest BCUT2D eigenvalue weighted by Gasteiger charge is 2.15. The number of hydrogen-bond acceptors (Lipinski definition) is 3. The molecule has 0 aromatic heterocycles. The number of ether oxygens (including phenoxy) is 1. The summed E-state index contributed by atoms with van der Waals surface area (Å²) in [4.78, 5) is 10.2. The van der Waals surface area contributed by atoms with Crippen LogP contribution in [0.1, 0.15) is 6.92 Å². The van der Waals surface area contributed by atoms with E-state index in [2.05, 4.69) is 0 Å². The zero-order valence-corrected chi connectivity index (χ0v) is 5.57. The van der Waals surface area contributed by atoms with Gasteiger partial charge in [-0.15, -0.1) is 0 Å². The predicted octanol–water partition coefficient (Wildman–Crippen LogP) is 1.13. The molecule has 0 spiro atoms. The zero-order chi connectivity index (χ0) is 7.56. The Kier molecular flexibility index (Phi) is 1.76. The number of aldehydes is 1. The Balaban J connectivity index is 2.84. The SMILES string of the molecule is CC1=C(O)C(C=O)C=CO1. The number of aliphatic hydroxyl groups is 1. The van der Waals surface area contributed by atoms with Gasteiger partial charge in [0.05, 0.1) is 12.2 Å². The van der Waals surface area contributed by atoms with Crippen LogP contribution < -0.4 is 0 Å². The van der Waals surface area contributed by atoms with Crippen LogP contribution in [-0.4, -0.2) is 11.4 Å². The highest BCUT2D eigenvalue weighted by atomic mass is 16.5. The van der Waals surface area contributed by atoms with E-state index >= 15 is 0 Å². The van der Waals surface area contributed by atoms with Crippen molar-refractivity contribution in [2.45, 2.75) is 6.92 Å². The zero-order valence-electron chi connectivity index (χ0n) is 5.57. The van der Waals surface area contributed by atoms with E-state index in [1.165, 1.54) is 12.3 Å². The average Bonchev–Trinajstić information content (AvgIpc) is 1.95. The third-order valence-corrected chi connectivity index (χ3v) is 1.35. The van der Waals surface area contributed by atoms with Crippen LogP contribution in [0.3, 0.4) is 0 Å². The van der Waals surface area contributed by atoms with Crippen molar-refractivity contribution in [3.05, 3.63) is 23.9 Å². The molecule has 54 valence electrons. The van der Waals surface area contributed by atoms with Crippen molar-refractivity contribution in [2.75, 3.05) is 0 Å². The lowest BCUT2D eigenvalue weighted by atomic mass is 10.1. The molecule has 1 heterocycles. The van der Waals surface area contributed by atoms with Crippen molar-refractivity contribution in [3.63, 3.8) is 0 Å². The average molecular weight is 140 g/mol. The molecule has 0 fully saturated rings. The van der Waals surface area contributed by atoms with E-state index < -0.39 is 5.92 Å². The maximum absolute atomic E-state index is 10.2. The van der Waals surface area contributed by atoms with Crippen molar-refractivity contribution < 1.29 is 14.6 Å². The first-order chi connectivity index (χ1) is 4.75. The van der Waals surface area contributed by atoms with Gasteiger partial charge in [0.1, 0.15) is 17.8 Å². The maximum Gasteiger partial charge on any atom is 0.144 e. The van der Waals surface area contributed by atoms with E-state index in [1.54, 1.807) is 6.92 Å². The molecule has 0 saturated carbocycles. The lowest BCUT2D eigenvalue weighted by molar-refractivity contribution is -0.109. The maximum atomic E-state index is 10.2. The fourth-order valence-corrected chi connectivity index (χ4v) is 0.722. The fraction of sp³-hybridized carbons (Fsp3) is 0.286. The number of carbonyl (C=O) groups excluding carboxylic acids is 1. The van der Waals surface area contributed by atoms with Crippen LogP contribution in [0.4, 0.5) is 0 Å². The molecule has 1 unspecified atom stereocenters. The quantitative estimate of drug-likeness (QED) is 0.555. The second-order valence-corrected chi connectivity index (χ2v) is 2.05. The summed E-state index contributed by atoms with van der Waals surface area (Å²) in [5, 5.41) is 9.11. The van der Waals surface area contributed by atoms with Gasteiger partial charge in [0, 0.05) is 0 Å². The van der Waals surface area contributed by atoms with Gasteiger partial charge in [-0.05, 0) is 13.0 Å². The Hall–Kier alpha value is -1.25. The van der Waals surface area contributed by atoms with Crippen molar-refractivity contribution >= 4 is 6.29 Å². The van der Waals surface area contributed by atoms with Gasteiger partial charge in [-0.3, -0.25) is 0 Å². The molecule has 0 aliphatic carbocycles. The summed E-state index contributed by atoms with van der Waals surface area (Å²) in [6.07, 6.45) is 3.56. The van der Waals surface area contributed by atoms with Crippen molar-refractivity contribution in [1.29, 1.82) is 0 Å².